The zero-order chi connectivity index (χ0) is 19.3. The van der Waals surface area contributed by atoms with Gasteiger partial charge in [0.1, 0.15) is 11.3 Å². The molecule has 0 fully saturated rings. The van der Waals surface area contributed by atoms with Crippen LogP contribution in [0.1, 0.15) is 10.4 Å². The third-order valence-corrected chi connectivity index (χ3v) is 5.49. The van der Waals surface area contributed by atoms with Crippen LogP contribution in [0.15, 0.2) is 66.7 Å². The van der Waals surface area contributed by atoms with Gasteiger partial charge >= 0.3 is 33.6 Å². The summed E-state index contributed by atoms with van der Waals surface area (Å²) in [5.74, 6) is -1.08. The van der Waals surface area contributed by atoms with E-state index in [0.717, 1.165) is 0 Å². The van der Waals surface area contributed by atoms with Crippen LogP contribution in [-0.2, 0) is 27.7 Å². The molecule has 0 amide bonds. The van der Waals surface area contributed by atoms with Crippen LogP contribution in [0.3, 0.4) is 0 Å². The fraction of sp³-hybridized carbons (Fsp3) is 0. The van der Waals surface area contributed by atoms with Crippen LogP contribution in [0.4, 0.5) is 0 Å². The quantitative estimate of drug-likeness (QED) is 0.249. The fourth-order valence-corrected chi connectivity index (χ4v) is 3.76. The number of carboxylic acid groups (broad SMARTS) is 1. The Morgan fingerprint density at radius 3 is 2.26 bits per heavy atom. The van der Waals surface area contributed by atoms with Gasteiger partial charge in [0.25, 0.3) is 0 Å². The minimum Gasteiger partial charge on any atom is -0.872 e. The molecule has 1 aliphatic heterocycles. The molecule has 0 saturated heterocycles. The van der Waals surface area contributed by atoms with Gasteiger partial charge < -0.3 is 20.1 Å². The van der Waals surface area contributed by atoms with E-state index >= 15 is 0 Å². The third-order valence-electron chi connectivity index (χ3n) is 4.25. The molecule has 2 aliphatic rings. The van der Waals surface area contributed by atoms with Crippen LogP contribution < -0.4 is 10.5 Å². The topological polar surface area (TPSA) is 122 Å². The molecule has 0 saturated carbocycles. The average Bonchev–Trinajstić information content (AvgIpc) is 2.63. The normalized spacial score (nSPS) is 9.74. The average molecular weight is 754 g/mol. The summed E-state index contributed by atoms with van der Waals surface area (Å²) in [7, 11) is 0. The van der Waals surface area contributed by atoms with Crippen molar-refractivity contribution in [3.63, 3.8) is 0 Å². The number of carbonyl (C=O) groups is 1. The Morgan fingerprint density at radius 2 is 1.61 bits per heavy atom. The van der Waals surface area contributed by atoms with Crippen LogP contribution in [0.5, 0.6) is 5.75 Å². The number of hydrogen-bond donors (Lipinski definition) is 1. The zero-order valence-corrected chi connectivity index (χ0v) is 29.3. The number of hydrogen-bond acceptors (Lipinski definition) is 4. The molecule has 2 aromatic rings. The summed E-state index contributed by atoms with van der Waals surface area (Å²) in [6, 6.07) is 12.4. The maximum absolute atomic E-state index is 12.0. The Kier molecular flexibility index (Phi) is 12.7. The number of halogens is 2. The zero-order valence-electron chi connectivity index (χ0n) is 16.7. The molecule has 0 aromatic heterocycles. The number of carboxylic acids is 1. The van der Waals surface area contributed by atoms with Gasteiger partial charge in [0.15, 0.2) is 5.43 Å². The predicted octanol–water partition coefficient (Wildman–Crippen LogP) is 3.27. The first-order valence-electron chi connectivity index (χ1n) is 7.76. The van der Waals surface area contributed by atoms with Crippen molar-refractivity contribution in [2.45, 2.75) is 0 Å². The Morgan fingerprint density at radius 1 is 0.968 bits per heavy atom. The van der Waals surface area contributed by atoms with Crippen LogP contribution in [0.25, 0.3) is 33.4 Å². The van der Waals surface area contributed by atoms with Gasteiger partial charge in [0.05, 0.1) is 10.0 Å². The Labute approximate surface area is 258 Å². The van der Waals surface area contributed by atoms with Crippen molar-refractivity contribution in [1.29, 1.82) is 0 Å². The standard InChI is InChI=1S/C20H10Br2O5.Hg.2Na.H2O/c21-13-5-11-17(7-15(13)23)27-18-8-16(24)14(22)6-12(18)19(11)9-3-1-2-4-10(9)20(25)26;;;;/h1-8,23H,(H,25,26);;;;1H2/q;+1;;;/p-1. The van der Waals surface area contributed by atoms with E-state index in [2.05, 4.69) is 31.9 Å². The summed E-state index contributed by atoms with van der Waals surface area (Å²) in [5, 5.41) is 22.2. The molecule has 2 aromatic carbocycles. The summed E-state index contributed by atoms with van der Waals surface area (Å²) >= 11 is 6.46. The van der Waals surface area contributed by atoms with Gasteiger partial charge in [-0.15, -0.1) is 0 Å². The Hall–Kier alpha value is 0.255. The first-order chi connectivity index (χ1) is 12.9. The van der Waals surface area contributed by atoms with Crippen molar-refractivity contribution < 1.29 is 52.6 Å². The van der Waals surface area contributed by atoms with Crippen LogP contribution >= 0.6 is 31.9 Å². The number of rotatable bonds is 2. The predicted molar refractivity (Wildman–Crippen MR) is 121 cm³/mol. The minimum absolute atomic E-state index is 0. The summed E-state index contributed by atoms with van der Waals surface area (Å²) in [6.45, 7) is 0. The van der Waals surface area contributed by atoms with E-state index in [1.54, 1.807) is 30.3 Å². The number of aromatic carboxylic acids is 1. The molecule has 6 nitrogen and oxygen atoms in total. The summed E-state index contributed by atoms with van der Waals surface area (Å²) < 4.78 is 6.45. The molecule has 1 heterocycles. The largest absolute Gasteiger partial charge is 1.00 e. The number of fused-ring (bicyclic) bond motifs is 2. The second kappa shape index (κ2) is 12.6. The Balaban J connectivity index is 0.00000225. The van der Waals surface area contributed by atoms with E-state index in [1.807, 2.05) is 0 Å². The van der Waals surface area contributed by atoms with Gasteiger partial charge in [0, 0.05) is 86.2 Å². The monoisotopic (exact) mass is 753 g/mol. The minimum atomic E-state index is -1.08. The van der Waals surface area contributed by atoms with Crippen molar-refractivity contribution in [2.24, 2.45) is 0 Å². The van der Waals surface area contributed by atoms with Gasteiger partial charge in [-0.3, -0.25) is 4.79 Å². The third kappa shape index (κ3) is 6.04. The molecule has 1 aliphatic carbocycles. The van der Waals surface area contributed by atoms with Crippen molar-refractivity contribution in [2.75, 3.05) is 0 Å². The molecule has 145 valence electrons. The van der Waals surface area contributed by atoms with Gasteiger partial charge in [-0.25, -0.2) is 4.79 Å². The van der Waals surface area contributed by atoms with Crippen LogP contribution in [-0.4, -0.2) is 75.7 Å². The molecule has 3 N–H and O–H groups in total. The van der Waals surface area contributed by atoms with Gasteiger partial charge in [0.2, 0.25) is 0 Å². The van der Waals surface area contributed by atoms with E-state index < -0.39 is 5.97 Å². The van der Waals surface area contributed by atoms with Crippen LogP contribution in [0, 0.1) is 0 Å². The summed E-state index contributed by atoms with van der Waals surface area (Å²) in [5.41, 5.74) is 1.71. The van der Waals surface area contributed by atoms with E-state index in [4.69, 9.17) is 4.42 Å². The fourth-order valence-electron chi connectivity index (χ4n) is 3.07. The molecule has 31 heavy (non-hydrogen) atoms. The molecule has 0 spiro atoms. The molecular weight excluding hydrogens is 743 g/mol. The van der Waals surface area contributed by atoms with Gasteiger partial charge in [-0.2, -0.15) is 0 Å². The SMILES string of the molecule is O.O=C(O)c1ccccc1-c1c2cc(Br)c(=O)cc-2oc2cc([O-])c(Br)cc12.[Hg+].[Na].[Na]. The van der Waals surface area contributed by atoms with E-state index in [-0.39, 0.29) is 120 Å². The van der Waals surface area contributed by atoms with Crippen molar-refractivity contribution in [3.05, 3.63) is 73.3 Å². The van der Waals surface area contributed by atoms with Crippen molar-refractivity contribution in [1.82, 2.24) is 0 Å². The maximum atomic E-state index is 12.0. The smallest absolute Gasteiger partial charge is 0.872 e. The van der Waals surface area contributed by atoms with Crippen molar-refractivity contribution >= 4 is 108 Å². The molecule has 3 radical (unpaired) electrons. The molecule has 0 unspecified atom stereocenters. The van der Waals surface area contributed by atoms with Gasteiger partial charge in [-0.05, 0) is 45.8 Å². The molecule has 4 rings (SSSR count). The first kappa shape index (κ1) is 31.3. The molecular formula is C20H11Br2HgNa2O6. The number of benzene rings is 3. The first-order valence-corrected chi connectivity index (χ1v) is 9.34. The van der Waals surface area contributed by atoms with E-state index in [1.165, 1.54) is 18.2 Å². The molecule has 11 heteroatoms. The summed E-state index contributed by atoms with van der Waals surface area (Å²) in [4.78, 5) is 23.8. The second-order valence-electron chi connectivity index (χ2n) is 5.89. The second-order valence-corrected chi connectivity index (χ2v) is 7.59. The van der Waals surface area contributed by atoms with Crippen LogP contribution in [0.2, 0.25) is 0 Å². The maximum Gasteiger partial charge on any atom is 1.00 e. The van der Waals surface area contributed by atoms with Gasteiger partial charge in [-0.1, -0.05) is 39.9 Å². The van der Waals surface area contributed by atoms with E-state index in [0.29, 0.717) is 31.0 Å². The van der Waals surface area contributed by atoms with Crippen molar-refractivity contribution in [3.8, 4) is 28.2 Å². The Bertz CT molecular complexity index is 1280. The summed E-state index contributed by atoms with van der Waals surface area (Å²) in [6.07, 6.45) is 0. The van der Waals surface area contributed by atoms with E-state index in [9.17, 15) is 19.8 Å². The molecule has 0 atom stereocenters. The molecule has 0 bridgehead atoms.